The molecule has 0 amide bonds. The minimum absolute atomic E-state index is 0.289. The summed E-state index contributed by atoms with van der Waals surface area (Å²) in [5.41, 5.74) is 1.04. The van der Waals surface area contributed by atoms with Gasteiger partial charge in [-0.15, -0.1) is 0 Å². The van der Waals surface area contributed by atoms with Crippen molar-refractivity contribution < 1.29 is 13.2 Å². The molecule has 0 radical (unpaired) electrons. The lowest BCUT2D eigenvalue weighted by Crippen LogP contribution is -2.18. The molecule has 0 aliphatic heterocycles. The van der Waals surface area contributed by atoms with Gasteiger partial charge in [0.1, 0.15) is 18.0 Å². The highest BCUT2D eigenvalue weighted by Gasteiger charge is 2.29. The summed E-state index contributed by atoms with van der Waals surface area (Å²) in [6.07, 6.45) is 2.46. The molecule has 10 heteroatoms. The zero-order valence-corrected chi connectivity index (χ0v) is 14.0. The second-order valence-corrected chi connectivity index (χ2v) is 6.57. The van der Waals surface area contributed by atoms with E-state index in [0.29, 0.717) is 29.1 Å². The van der Waals surface area contributed by atoms with Crippen LogP contribution >= 0.6 is 0 Å². The molecule has 1 fully saturated rings. The van der Waals surface area contributed by atoms with Gasteiger partial charge in [0.2, 0.25) is 5.95 Å². The highest BCUT2D eigenvalue weighted by molar-refractivity contribution is 5.88. The SMILES string of the molecule is C[C@@H](Nc1nc(Nc2cnn(CC(F)(F)F)c2)nc2[nH]ccc12)C1CC1. The third-order valence-electron chi connectivity index (χ3n) is 4.34. The maximum absolute atomic E-state index is 12.4. The molecule has 138 valence electrons. The molecule has 0 saturated heterocycles. The van der Waals surface area contributed by atoms with E-state index >= 15 is 0 Å². The number of halogens is 3. The van der Waals surface area contributed by atoms with Crippen molar-refractivity contribution in [1.82, 2.24) is 24.7 Å². The van der Waals surface area contributed by atoms with Gasteiger partial charge in [-0.25, -0.2) is 0 Å². The van der Waals surface area contributed by atoms with Gasteiger partial charge < -0.3 is 15.6 Å². The predicted octanol–water partition coefficient (Wildman–Crippen LogP) is 3.67. The lowest BCUT2D eigenvalue weighted by atomic mass is 10.2. The molecular formula is C16H18F3N7. The van der Waals surface area contributed by atoms with Crippen molar-refractivity contribution in [2.75, 3.05) is 10.6 Å². The van der Waals surface area contributed by atoms with Crippen molar-refractivity contribution >= 4 is 28.5 Å². The molecular weight excluding hydrogens is 347 g/mol. The van der Waals surface area contributed by atoms with E-state index in [1.54, 1.807) is 6.20 Å². The molecule has 0 unspecified atom stereocenters. The van der Waals surface area contributed by atoms with Gasteiger partial charge in [-0.3, -0.25) is 4.68 Å². The van der Waals surface area contributed by atoms with E-state index in [0.717, 1.165) is 10.1 Å². The summed E-state index contributed by atoms with van der Waals surface area (Å²) < 4.78 is 38.2. The number of aromatic amines is 1. The maximum Gasteiger partial charge on any atom is 0.408 e. The van der Waals surface area contributed by atoms with Gasteiger partial charge in [0, 0.05) is 18.4 Å². The van der Waals surface area contributed by atoms with Crippen LogP contribution in [0.4, 0.5) is 30.6 Å². The topological polar surface area (TPSA) is 83.4 Å². The van der Waals surface area contributed by atoms with Crippen LogP contribution in [0.2, 0.25) is 0 Å². The van der Waals surface area contributed by atoms with Crippen LogP contribution in [0, 0.1) is 5.92 Å². The van der Waals surface area contributed by atoms with E-state index in [1.165, 1.54) is 25.2 Å². The van der Waals surface area contributed by atoms with Crippen molar-refractivity contribution in [2.24, 2.45) is 5.92 Å². The van der Waals surface area contributed by atoms with Crippen LogP contribution < -0.4 is 10.6 Å². The van der Waals surface area contributed by atoms with Crippen LogP contribution in [0.25, 0.3) is 11.0 Å². The Morgan fingerprint density at radius 3 is 2.88 bits per heavy atom. The van der Waals surface area contributed by atoms with Crippen LogP contribution in [0.3, 0.4) is 0 Å². The zero-order valence-electron chi connectivity index (χ0n) is 14.0. The summed E-state index contributed by atoms with van der Waals surface area (Å²) in [6, 6.07) is 2.19. The van der Waals surface area contributed by atoms with E-state index in [2.05, 4.69) is 37.6 Å². The molecule has 1 aliphatic rings. The van der Waals surface area contributed by atoms with Gasteiger partial charge in [0.15, 0.2) is 0 Å². The number of H-pyrrole nitrogens is 1. The number of aromatic nitrogens is 5. The number of alkyl halides is 3. The van der Waals surface area contributed by atoms with Crippen LogP contribution in [0.15, 0.2) is 24.7 Å². The van der Waals surface area contributed by atoms with Crippen molar-refractivity contribution in [2.45, 2.75) is 38.5 Å². The first-order valence-corrected chi connectivity index (χ1v) is 8.35. The third-order valence-corrected chi connectivity index (χ3v) is 4.34. The number of rotatable bonds is 6. The quantitative estimate of drug-likeness (QED) is 0.621. The first-order chi connectivity index (χ1) is 12.4. The third kappa shape index (κ3) is 3.73. The number of nitrogens with zero attached hydrogens (tertiary/aromatic N) is 4. The fourth-order valence-electron chi connectivity index (χ4n) is 2.86. The van der Waals surface area contributed by atoms with Crippen LogP contribution in [0.5, 0.6) is 0 Å². The second-order valence-electron chi connectivity index (χ2n) is 6.57. The molecule has 3 heterocycles. The molecule has 1 saturated carbocycles. The van der Waals surface area contributed by atoms with E-state index in [-0.39, 0.29) is 5.95 Å². The van der Waals surface area contributed by atoms with Crippen molar-refractivity contribution in [3.8, 4) is 0 Å². The Morgan fingerprint density at radius 1 is 1.35 bits per heavy atom. The lowest BCUT2D eigenvalue weighted by molar-refractivity contribution is -0.142. The van der Waals surface area contributed by atoms with E-state index in [9.17, 15) is 13.2 Å². The Balaban J connectivity index is 1.56. The molecule has 26 heavy (non-hydrogen) atoms. The molecule has 3 aromatic heterocycles. The van der Waals surface area contributed by atoms with Crippen molar-refractivity contribution in [3.05, 3.63) is 24.7 Å². The van der Waals surface area contributed by atoms with Gasteiger partial charge >= 0.3 is 6.18 Å². The summed E-state index contributed by atoms with van der Waals surface area (Å²) in [4.78, 5) is 11.9. The second kappa shape index (κ2) is 6.19. The number of nitrogens with one attached hydrogen (secondary N) is 3. The number of anilines is 3. The molecule has 3 aromatic rings. The van der Waals surface area contributed by atoms with Gasteiger partial charge in [0.25, 0.3) is 0 Å². The average molecular weight is 365 g/mol. The first kappa shape index (κ1) is 16.7. The van der Waals surface area contributed by atoms with Crippen molar-refractivity contribution in [1.29, 1.82) is 0 Å². The minimum Gasteiger partial charge on any atom is -0.367 e. The Labute approximate surface area is 147 Å². The van der Waals surface area contributed by atoms with Gasteiger partial charge in [-0.1, -0.05) is 0 Å². The largest absolute Gasteiger partial charge is 0.408 e. The fourth-order valence-corrected chi connectivity index (χ4v) is 2.86. The minimum atomic E-state index is -4.32. The highest BCUT2D eigenvalue weighted by atomic mass is 19.4. The first-order valence-electron chi connectivity index (χ1n) is 8.35. The number of hydrogen-bond acceptors (Lipinski definition) is 5. The molecule has 1 aliphatic carbocycles. The highest BCUT2D eigenvalue weighted by Crippen LogP contribution is 2.35. The van der Waals surface area contributed by atoms with E-state index in [4.69, 9.17) is 0 Å². The van der Waals surface area contributed by atoms with Crippen molar-refractivity contribution in [3.63, 3.8) is 0 Å². The Morgan fingerprint density at radius 2 is 2.15 bits per heavy atom. The Bertz CT molecular complexity index is 910. The molecule has 1 atom stereocenters. The maximum atomic E-state index is 12.4. The normalized spacial score (nSPS) is 16.0. The van der Waals surface area contributed by atoms with Crippen LogP contribution in [-0.4, -0.2) is 37.0 Å². The summed E-state index contributed by atoms with van der Waals surface area (Å²) in [6.45, 7) is 0.976. The van der Waals surface area contributed by atoms with Gasteiger partial charge in [-0.05, 0) is 31.7 Å². The molecule has 0 bridgehead atoms. The monoisotopic (exact) mass is 365 g/mol. The Kier molecular flexibility index (Phi) is 3.97. The summed E-state index contributed by atoms with van der Waals surface area (Å²) in [5, 5.41) is 10.9. The van der Waals surface area contributed by atoms with Gasteiger partial charge in [0.05, 0.1) is 17.3 Å². The lowest BCUT2D eigenvalue weighted by Gasteiger charge is -2.15. The Hall–Kier alpha value is -2.78. The zero-order chi connectivity index (χ0) is 18.3. The molecule has 0 spiro atoms. The van der Waals surface area contributed by atoms with Crippen LogP contribution in [0.1, 0.15) is 19.8 Å². The molecule has 0 aromatic carbocycles. The standard InChI is InChI=1S/C16H18F3N7/c1-9(10-2-3-10)22-14-12-4-5-20-13(12)24-15(25-14)23-11-6-21-26(7-11)8-16(17,18)19/h4-7,9-10H,2-3,8H2,1H3,(H3,20,22,23,24,25)/t9-/m1/s1. The smallest absolute Gasteiger partial charge is 0.367 e. The summed E-state index contributed by atoms with van der Waals surface area (Å²) in [7, 11) is 0. The molecule has 3 N–H and O–H groups in total. The summed E-state index contributed by atoms with van der Waals surface area (Å²) in [5.74, 6) is 1.63. The number of hydrogen-bond donors (Lipinski definition) is 3. The molecule has 7 nitrogen and oxygen atoms in total. The average Bonchev–Trinajstić information content (AvgIpc) is 3.15. The van der Waals surface area contributed by atoms with E-state index < -0.39 is 12.7 Å². The predicted molar refractivity (Wildman–Crippen MR) is 91.3 cm³/mol. The number of fused-ring (bicyclic) bond motifs is 1. The van der Waals surface area contributed by atoms with E-state index in [1.807, 2.05) is 6.07 Å². The van der Waals surface area contributed by atoms with Crippen LogP contribution in [-0.2, 0) is 6.54 Å². The molecule has 4 rings (SSSR count). The van der Waals surface area contributed by atoms with Gasteiger partial charge in [-0.2, -0.15) is 28.2 Å². The fraction of sp³-hybridized carbons (Fsp3) is 0.438. The summed E-state index contributed by atoms with van der Waals surface area (Å²) >= 11 is 0.